The summed E-state index contributed by atoms with van der Waals surface area (Å²) in [6.45, 7) is 2.07. The fourth-order valence-corrected chi connectivity index (χ4v) is 4.21. The summed E-state index contributed by atoms with van der Waals surface area (Å²) in [6.07, 6.45) is -1.15. The van der Waals surface area contributed by atoms with Crippen LogP contribution in [0.2, 0.25) is 0 Å². The number of benzene rings is 2. The third kappa shape index (κ3) is 5.51. The summed E-state index contributed by atoms with van der Waals surface area (Å²) in [4.78, 5) is 17.4. The molecule has 1 amide bonds. The summed E-state index contributed by atoms with van der Waals surface area (Å²) < 4.78 is 24.2. The van der Waals surface area contributed by atoms with Crippen LogP contribution in [0.3, 0.4) is 0 Å². The maximum atomic E-state index is 13.5. The quantitative estimate of drug-likeness (QED) is 0.280. The lowest BCUT2D eigenvalue weighted by Gasteiger charge is -2.22. The molecule has 37 heavy (non-hydrogen) atoms. The van der Waals surface area contributed by atoms with Gasteiger partial charge in [-0.05, 0) is 54.1 Å². The SMILES string of the molecule is COc1cc(C(=O)NC[C@@H](O)c2cc3c(c(-c4ccc(F)cc4)n2)NC[C@]3(C)CO)ccc1OCCO. The second-order valence-electron chi connectivity index (χ2n) is 9.06. The predicted molar refractivity (Wildman–Crippen MR) is 135 cm³/mol. The summed E-state index contributed by atoms with van der Waals surface area (Å²) in [5.41, 5.74) is 2.70. The van der Waals surface area contributed by atoms with Gasteiger partial charge < -0.3 is 35.4 Å². The van der Waals surface area contributed by atoms with Gasteiger partial charge >= 0.3 is 0 Å². The Morgan fingerprint density at radius 1 is 1.19 bits per heavy atom. The van der Waals surface area contributed by atoms with Crippen LogP contribution in [0.15, 0.2) is 48.5 Å². The molecule has 196 valence electrons. The number of hydrogen-bond acceptors (Lipinski definition) is 8. The number of pyridine rings is 1. The van der Waals surface area contributed by atoms with Crippen molar-refractivity contribution in [3.8, 4) is 22.8 Å². The number of hydrogen-bond donors (Lipinski definition) is 5. The summed E-state index contributed by atoms with van der Waals surface area (Å²) in [6, 6.07) is 12.2. The predicted octanol–water partition coefficient (Wildman–Crippen LogP) is 2.41. The van der Waals surface area contributed by atoms with Crippen LogP contribution in [0.1, 0.15) is 34.6 Å². The molecule has 4 rings (SSSR count). The Balaban J connectivity index is 1.57. The van der Waals surface area contributed by atoms with Gasteiger partial charge in [0.1, 0.15) is 18.5 Å². The number of methoxy groups -OCH3 is 1. The van der Waals surface area contributed by atoms with Gasteiger partial charge in [-0.1, -0.05) is 6.92 Å². The maximum Gasteiger partial charge on any atom is 0.251 e. The van der Waals surface area contributed by atoms with Crippen LogP contribution >= 0.6 is 0 Å². The molecule has 0 spiro atoms. The highest BCUT2D eigenvalue weighted by atomic mass is 19.1. The number of aromatic nitrogens is 1. The summed E-state index contributed by atoms with van der Waals surface area (Å²) >= 11 is 0. The van der Waals surface area contributed by atoms with E-state index in [1.54, 1.807) is 30.3 Å². The molecule has 0 unspecified atom stereocenters. The van der Waals surface area contributed by atoms with Crippen molar-refractivity contribution in [1.29, 1.82) is 0 Å². The summed E-state index contributed by atoms with van der Waals surface area (Å²) in [5, 5.41) is 35.9. The van der Waals surface area contributed by atoms with Crippen molar-refractivity contribution in [3.63, 3.8) is 0 Å². The fraction of sp³-hybridized carbons (Fsp3) is 0.333. The highest BCUT2D eigenvalue weighted by molar-refractivity contribution is 5.95. The molecule has 0 bridgehead atoms. The normalized spacial score (nSPS) is 17.0. The van der Waals surface area contributed by atoms with Gasteiger partial charge in [-0.2, -0.15) is 0 Å². The van der Waals surface area contributed by atoms with E-state index in [1.165, 1.54) is 25.3 Å². The van der Waals surface area contributed by atoms with Gasteiger partial charge in [-0.25, -0.2) is 9.37 Å². The van der Waals surface area contributed by atoms with E-state index in [1.807, 2.05) is 6.92 Å². The first kappa shape index (κ1) is 26.3. The molecule has 1 aromatic heterocycles. The third-order valence-corrected chi connectivity index (χ3v) is 6.38. The van der Waals surface area contributed by atoms with Crippen molar-refractivity contribution >= 4 is 11.6 Å². The Kier molecular flexibility index (Phi) is 7.91. The van der Waals surface area contributed by atoms with Crippen molar-refractivity contribution in [2.24, 2.45) is 0 Å². The van der Waals surface area contributed by atoms with Crippen LogP contribution in [-0.4, -0.2) is 66.2 Å². The van der Waals surface area contributed by atoms with Crippen LogP contribution in [0.25, 0.3) is 11.3 Å². The maximum absolute atomic E-state index is 13.5. The molecule has 0 radical (unpaired) electrons. The largest absolute Gasteiger partial charge is 0.493 e. The Morgan fingerprint density at radius 3 is 2.62 bits per heavy atom. The van der Waals surface area contributed by atoms with Crippen LogP contribution in [0, 0.1) is 5.82 Å². The number of aliphatic hydroxyl groups excluding tert-OH is 3. The van der Waals surface area contributed by atoms with Crippen molar-refractivity contribution < 1.29 is 34.0 Å². The second-order valence-corrected chi connectivity index (χ2v) is 9.06. The fourth-order valence-electron chi connectivity index (χ4n) is 4.21. The first-order valence-corrected chi connectivity index (χ1v) is 11.8. The number of nitrogens with zero attached hydrogens (tertiary/aromatic N) is 1. The van der Waals surface area contributed by atoms with Gasteiger partial charge in [0.15, 0.2) is 11.5 Å². The molecule has 3 aromatic rings. The number of halogens is 1. The van der Waals surface area contributed by atoms with Crippen LogP contribution < -0.4 is 20.1 Å². The Bertz CT molecular complexity index is 1270. The Hall–Kier alpha value is -3.73. The van der Waals surface area contributed by atoms with Gasteiger partial charge in [0.2, 0.25) is 0 Å². The molecule has 1 aliphatic rings. The second kappa shape index (κ2) is 11.1. The lowest BCUT2D eigenvalue weighted by atomic mass is 9.84. The van der Waals surface area contributed by atoms with E-state index in [-0.39, 0.29) is 32.2 Å². The van der Waals surface area contributed by atoms with Crippen LogP contribution in [0.4, 0.5) is 10.1 Å². The standard InChI is InChI=1S/C27H30FN3O6/c1-27(15-33)14-30-25-19(27)12-20(31-24(25)16-3-6-18(28)7-4-16)21(34)13-29-26(35)17-5-8-22(37-10-9-32)23(11-17)36-2/h3-8,11-12,21,30,32-34H,9-10,13-15H2,1-2H3,(H,29,35)/t21-,27-/m1/s1. The monoisotopic (exact) mass is 511 g/mol. The molecule has 2 heterocycles. The van der Waals surface area contributed by atoms with Crippen molar-refractivity contribution in [1.82, 2.24) is 10.3 Å². The van der Waals surface area contributed by atoms with Crippen LogP contribution in [-0.2, 0) is 5.41 Å². The Morgan fingerprint density at radius 2 is 1.95 bits per heavy atom. The molecular formula is C27H30FN3O6. The molecule has 0 saturated carbocycles. The number of amides is 1. The zero-order chi connectivity index (χ0) is 26.6. The molecule has 1 aliphatic heterocycles. The number of aliphatic hydroxyl groups is 3. The first-order valence-electron chi connectivity index (χ1n) is 11.8. The van der Waals surface area contributed by atoms with E-state index in [0.29, 0.717) is 40.6 Å². The molecule has 0 saturated heterocycles. The highest BCUT2D eigenvalue weighted by Crippen LogP contribution is 2.42. The number of nitrogens with one attached hydrogen (secondary N) is 2. The highest BCUT2D eigenvalue weighted by Gasteiger charge is 2.37. The van der Waals surface area contributed by atoms with Crippen molar-refractivity contribution in [2.75, 3.05) is 45.3 Å². The number of carbonyl (C=O) groups is 1. The van der Waals surface area contributed by atoms with E-state index in [0.717, 1.165) is 11.3 Å². The van der Waals surface area contributed by atoms with Gasteiger partial charge in [0.25, 0.3) is 5.91 Å². The van der Waals surface area contributed by atoms with Crippen molar-refractivity contribution in [3.05, 3.63) is 71.2 Å². The molecule has 9 nitrogen and oxygen atoms in total. The molecule has 2 atom stereocenters. The van der Waals surface area contributed by atoms with Gasteiger partial charge in [-0.15, -0.1) is 0 Å². The van der Waals surface area contributed by atoms with Crippen molar-refractivity contribution in [2.45, 2.75) is 18.4 Å². The number of carbonyl (C=O) groups excluding carboxylic acids is 1. The molecule has 2 aromatic carbocycles. The van der Waals surface area contributed by atoms with E-state index in [4.69, 9.17) is 14.6 Å². The van der Waals surface area contributed by atoms with E-state index in [2.05, 4.69) is 15.6 Å². The number of ether oxygens (including phenoxy) is 2. The molecule has 10 heteroatoms. The zero-order valence-electron chi connectivity index (χ0n) is 20.6. The van der Waals surface area contributed by atoms with E-state index < -0.39 is 17.4 Å². The summed E-state index contributed by atoms with van der Waals surface area (Å²) in [5.74, 6) is -0.0871. The molecule has 5 N–H and O–H groups in total. The number of fused-ring (bicyclic) bond motifs is 1. The van der Waals surface area contributed by atoms with E-state index >= 15 is 0 Å². The van der Waals surface area contributed by atoms with Gasteiger partial charge in [-0.3, -0.25) is 4.79 Å². The number of anilines is 1. The smallest absolute Gasteiger partial charge is 0.251 e. The first-order chi connectivity index (χ1) is 17.8. The lowest BCUT2D eigenvalue weighted by molar-refractivity contribution is 0.0913. The number of rotatable bonds is 10. The van der Waals surface area contributed by atoms with E-state index in [9.17, 15) is 19.4 Å². The zero-order valence-corrected chi connectivity index (χ0v) is 20.6. The topological polar surface area (TPSA) is 133 Å². The minimum atomic E-state index is -1.15. The molecule has 0 fully saturated rings. The minimum absolute atomic E-state index is 0.0899. The van der Waals surface area contributed by atoms with Gasteiger partial charge in [0, 0.05) is 29.6 Å². The average molecular weight is 512 g/mol. The Labute approximate surface area is 213 Å². The van der Waals surface area contributed by atoms with Gasteiger partial charge in [0.05, 0.1) is 37.4 Å². The van der Waals surface area contributed by atoms with Crippen LogP contribution in [0.5, 0.6) is 11.5 Å². The molecular weight excluding hydrogens is 481 g/mol. The third-order valence-electron chi connectivity index (χ3n) is 6.38. The lowest BCUT2D eigenvalue weighted by Crippen LogP contribution is -2.30. The summed E-state index contributed by atoms with van der Waals surface area (Å²) in [7, 11) is 1.44. The minimum Gasteiger partial charge on any atom is -0.493 e. The molecule has 0 aliphatic carbocycles. The average Bonchev–Trinajstić information content (AvgIpc) is 3.27.